The molecule has 0 atom stereocenters. The molecule has 0 aromatic carbocycles. The Morgan fingerprint density at radius 2 is 2.08 bits per heavy atom. The van der Waals surface area contributed by atoms with E-state index in [9.17, 15) is 4.79 Å². The molecule has 0 spiro atoms. The Kier molecular flexibility index (Phi) is 7.94. The second-order valence-corrected chi connectivity index (χ2v) is 7.14. The van der Waals surface area contributed by atoms with Gasteiger partial charge in [0.15, 0.2) is 0 Å². The minimum absolute atomic E-state index is 0.0924. The van der Waals surface area contributed by atoms with Gasteiger partial charge in [-0.1, -0.05) is 0 Å². The van der Waals surface area contributed by atoms with Crippen LogP contribution in [0.25, 0.3) is 0 Å². The molecular formula is C17H27BrN4O2. The van der Waals surface area contributed by atoms with Gasteiger partial charge in [0.25, 0.3) is 0 Å². The van der Waals surface area contributed by atoms with Gasteiger partial charge in [-0.25, -0.2) is 4.98 Å². The van der Waals surface area contributed by atoms with Crippen LogP contribution in [0, 0.1) is 0 Å². The molecule has 1 aromatic heterocycles. The van der Waals surface area contributed by atoms with E-state index in [0.717, 1.165) is 42.9 Å². The van der Waals surface area contributed by atoms with Crippen LogP contribution in [-0.4, -0.2) is 67.8 Å². The highest BCUT2D eigenvalue weighted by molar-refractivity contribution is 9.10. The average Bonchev–Trinajstić information content (AvgIpc) is 2.56. The van der Waals surface area contributed by atoms with E-state index in [4.69, 9.17) is 4.74 Å². The number of rotatable bonds is 8. The van der Waals surface area contributed by atoms with Gasteiger partial charge in [-0.3, -0.25) is 9.69 Å². The fourth-order valence-corrected chi connectivity index (χ4v) is 2.80. The van der Waals surface area contributed by atoms with Crippen molar-refractivity contribution >= 4 is 27.7 Å². The van der Waals surface area contributed by atoms with Crippen molar-refractivity contribution in [1.82, 2.24) is 15.2 Å². The molecule has 2 heterocycles. The fourth-order valence-electron chi connectivity index (χ4n) is 2.57. The molecule has 2 rings (SSSR count). The van der Waals surface area contributed by atoms with Crippen molar-refractivity contribution in [3.8, 4) is 0 Å². The first-order chi connectivity index (χ1) is 11.5. The number of anilines is 1. The maximum absolute atomic E-state index is 12.0. The van der Waals surface area contributed by atoms with Crippen LogP contribution in [0.4, 0.5) is 5.82 Å². The number of pyridine rings is 1. The molecule has 6 nitrogen and oxygen atoms in total. The fraction of sp³-hybridized carbons (Fsp3) is 0.647. The topological polar surface area (TPSA) is 57.7 Å². The molecule has 0 aliphatic carbocycles. The van der Waals surface area contributed by atoms with Gasteiger partial charge in [0.2, 0.25) is 5.91 Å². The number of nitrogens with one attached hydrogen (secondary N) is 1. The van der Waals surface area contributed by atoms with Crippen LogP contribution in [0.3, 0.4) is 0 Å². The number of hydrogen-bond donors (Lipinski definition) is 1. The highest BCUT2D eigenvalue weighted by Crippen LogP contribution is 2.16. The lowest BCUT2D eigenvalue weighted by Crippen LogP contribution is -2.49. The molecule has 24 heavy (non-hydrogen) atoms. The molecule has 0 saturated carbocycles. The van der Waals surface area contributed by atoms with Crippen molar-refractivity contribution in [3.63, 3.8) is 0 Å². The summed E-state index contributed by atoms with van der Waals surface area (Å²) in [6.07, 6.45) is 2.92. The number of carbonyl (C=O) groups excluding carboxylic acids is 1. The number of piperazine rings is 1. The molecule has 1 aliphatic heterocycles. The summed E-state index contributed by atoms with van der Waals surface area (Å²) in [7, 11) is 0. The first-order valence-electron chi connectivity index (χ1n) is 8.52. The quantitative estimate of drug-likeness (QED) is 0.677. The molecule has 1 aliphatic rings. The number of carbonyl (C=O) groups is 1. The second-order valence-electron chi connectivity index (χ2n) is 6.22. The molecule has 1 saturated heterocycles. The van der Waals surface area contributed by atoms with Crippen molar-refractivity contribution < 1.29 is 9.53 Å². The smallest absolute Gasteiger partial charge is 0.234 e. The number of amides is 1. The van der Waals surface area contributed by atoms with E-state index >= 15 is 0 Å². The molecule has 0 radical (unpaired) electrons. The van der Waals surface area contributed by atoms with Gasteiger partial charge in [0.05, 0.1) is 12.6 Å². The standard InChI is InChI=1S/C17H27BrN4O2/c1-14(2)24-11-3-6-19-17(23)13-21-7-9-22(10-8-21)16-5-4-15(18)12-20-16/h4-5,12,14H,3,6-11,13H2,1-2H3,(H,19,23). The van der Waals surface area contributed by atoms with E-state index in [0.29, 0.717) is 19.7 Å². The summed E-state index contributed by atoms with van der Waals surface area (Å²) in [5.41, 5.74) is 0. The third-order valence-corrected chi connectivity index (χ3v) is 4.34. The largest absolute Gasteiger partial charge is 0.379 e. The normalized spacial score (nSPS) is 15.8. The molecule has 1 fully saturated rings. The number of hydrogen-bond acceptors (Lipinski definition) is 5. The molecule has 134 valence electrons. The number of halogens is 1. The van der Waals surface area contributed by atoms with Crippen molar-refractivity contribution in [2.75, 3.05) is 50.8 Å². The van der Waals surface area contributed by atoms with Crippen LogP contribution < -0.4 is 10.2 Å². The Morgan fingerprint density at radius 1 is 1.33 bits per heavy atom. The van der Waals surface area contributed by atoms with Crippen LogP contribution in [0.5, 0.6) is 0 Å². The monoisotopic (exact) mass is 398 g/mol. The summed E-state index contributed by atoms with van der Waals surface area (Å²) < 4.78 is 6.45. The van der Waals surface area contributed by atoms with E-state index in [1.54, 1.807) is 0 Å². The summed E-state index contributed by atoms with van der Waals surface area (Å²) in [6.45, 7) is 9.40. The van der Waals surface area contributed by atoms with Gasteiger partial charge in [-0.05, 0) is 48.3 Å². The molecule has 0 unspecified atom stereocenters. The lowest BCUT2D eigenvalue weighted by Gasteiger charge is -2.35. The highest BCUT2D eigenvalue weighted by Gasteiger charge is 2.19. The zero-order chi connectivity index (χ0) is 17.4. The lowest BCUT2D eigenvalue weighted by molar-refractivity contribution is -0.122. The third-order valence-electron chi connectivity index (χ3n) is 3.87. The summed E-state index contributed by atoms with van der Waals surface area (Å²) in [6, 6.07) is 4.02. The van der Waals surface area contributed by atoms with Crippen molar-refractivity contribution in [1.29, 1.82) is 0 Å². The Hall–Kier alpha value is -1.18. The van der Waals surface area contributed by atoms with E-state index in [-0.39, 0.29) is 12.0 Å². The van der Waals surface area contributed by atoms with Crippen LogP contribution >= 0.6 is 15.9 Å². The zero-order valence-electron chi connectivity index (χ0n) is 14.5. The molecule has 1 N–H and O–H groups in total. The van der Waals surface area contributed by atoms with E-state index in [1.165, 1.54) is 0 Å². The average molecular weight is 399 g/mol. The molecule has 7 heteroatoms. The van der Waals surface area contributed by atoms with Gasteiger partial charge < -0.3 is 15.0 Å². The van der Waals surface area contributed by atoms with Gasteiger partial charge in [0.1, 0.15) is 5.82 Å². The first kappa shape index (κ1) is 19.1. The van der Waals surface area contributed by atoms with Gasteiger partial charge in [0, 0.05) is 50.0 Å². The Labute approximate surface area is 152 Å². The Morgan fingerprint density at radius 3 is 2.71 bits per heavy atom. The third kappa shape index (κ3) is 6.75. The number of nitrogens with zero attached hydrogens (tertiary/aromatic N) is 3. The van der Waals surface area contributed by atoms with Crippen molar-refractivity contribution in [3.05, 3.63) is 22.8 Å². The number of ether oxygens (including phenoxy) is 1. The zero-order valence-corrected chi connectivity index (χ0v) is 16.1. The Bertz CT molecular complexity index is 502. The van der Waals surface area contributed by atoms with Crippen LogP contribution in [0.15, 0.2) is 22.8 Å². The van der Waals surface area contributed by atoms with E-state index < -0.39 is 0 Å². The Balaban J connectivity index is 1.62. The maximum atomic E-state index is 12.0. The maximum Gasteiger partial charge on any atom is 0.234 e. The second kappa shape index (κ2) is 9.96. The van der Waals surface area contributed by atoms with Crippen LogP contribution in [0.2, 0.25) is 0 Å². The summed E-state index contributed by atoms with van der Waals surface area (Å²) in [5.74, 6) is 1.09. The van der Waals surface area contributed by atoms with Crippen LogP contribution in [-0.2, 0) is 9.53 Å². The number of aromatic nitrogens is 1. The molecule has 1 aromatic rings. The highest BCUT2D eigenvalue weighted by atomic mass is 79.9. The van der Waals surface area contributed by atoms with E-state index in [2.05, 4.69) is 36.0 Å². The van der Waals surface area contributed by atoms with Crippen molar-refractivity contribution in [2.45, 2.75) is 26.4 Å². The lowest BCUT2D eigenvalue weighted by atomic mass is 10.3. The molecule has 0 bridgehead atoms. The minimum atomic E-state index is 0.0924. The SMILES string of the molecule is CC(C)OCCCNC(=O)CN1CCN(c2ccc(Br)cn2)CC1. The molecule has 1 amide bonds. The van der Waals surface area contributed by atoms with Gasteiger partial charge in [-0.15, -0.1) is 0 Å². The predicted molar refractivity (Wildman–Crippen MR) is 99.3 cm³/mol. The minimum Gasteiger partial charge on any atom is -0.379 e. The predicted octanol–water partition coefficient (Wildman–Crippen LogP) is 1.90. The molecular weight excluding hydrogens is 372 g/mol. The summed E-state index contributed by atoms with van der Waals surface area (Å²) in [5, 5.41) is 2.96. The van der Waals surface area contributed by atoms with Gasteiger partial charge >= 0.3 is 0 Å². The van der Waals surface area contributed by atoms with Crippen LogP contribution in [0.1, 0.15) is 20.3 Å². The summed E-state index contributed by atoms with van der Waals surface area (Å²) in [4.78, 5) is 20.8. The van der Waals surface area contributed by atoms with Gasteiger partial charge in [-0.2, -0.15) is 0 Å². The summed E-state index contributed by atoms with van der Waals surface area (Å²) >= 11 is 3.40. The van der Waals surface area contributed by atoms with E-state index in [1.807, 2.05) is 32.2 Å². The van der Waals surface area contributed by atoms with Crippen molar-refractivity contribution in [2.24, 2.45) is 0 Å². The first-order valence-corrected chi connectivity index (χ1v) is 9.31.